The highest BCUT2D eigenvalue weighted by Crippen LogP contribution is 2.18. The zero-order chi connectivity index (χ0) is 15.2. The molecular formula is C15H15ClN2O3. The number of aromatic nitrogens is 2. The maximum atomic E-state index is 11.4. The summed E-state index contributed by atoms with van der Waals surface area (Å²) in [6.07, 6.45) is 3.62. The van der Waals surface area contributed by atoms with Gasteiger partial charge in [-0.1, -0.05) is 23.7 Å². The maximum Gasteiger partial charge on any atom is 0.307 e. The number of carboxylic acids is 1. The quantitative estimate of drug-likeness (QED) is 0.888. The number of ether oxygens (including phenoxy) is 1. The second-order valence-corrected chi connectivity index (χ2v) is 5.01. The van der Waals surface area contributed by atoms with Crippen LogP contribution in [0.25, 0.3) is 0 Å². The Morgan fingerprint density at radius 3 is 2.76 bits per heavy atom. The lowest BCUT2D eigenvalue weighted by atomic mass is 9.95. The number of carbonyl (C=O) groups is 1. The molecule has 6 heteroatoms. The van der Waals surface area contributed by atoms with E-state index in [0.29, 0.717) is 29.4 Å². The Morgan fingerprint density at radius 2 is 2.14 bits per heavy atom. The Bertz CT molecular complexity index is 617. The fourth-order valence-corrected chi connectivity index (χ4v) is 2.13. The van der Waals surface area contributed by atoms with Gasteiger partial charge in [0.05, 0.1) is 31.1 Å². The molecule has 0 aliphatic carbocycles. The van der Waals surface area contributed by atoms with Gasteiger partial charge in [0.2, 0.25) is 0 Å². The minimum absolute atomic E-state index is 0.290. The van der Waals surface area contributed by atoms with E-state index in [1.54, 1.807) is 7.11 Å². The van der Waals surface area contributed by atoms with Crippen molar-refractivity contribution in [3.63, 3.8) is 0 Å². The second kappa shape index (κ2) is 7.04. The predicted octanol–water partition coefficient (Wildman–Crippen LogP) is 2.62. The maximum absolute atomic E-state index is 11.4. The van der Waals surface area contributed by atoms with Crippen molar-refractivity contribution in [3.8, 4) is 5.75 Å². The SMILES string of the molecule is COc1cccc(CC(Cc2cnc(Cl)cn2)C(=O)O)c1. The molecule has 5 nitrogen and oxygen atoms in total. The van der Waals surface area contributed by atoms with Gasteiger partial charge in [-0.2, -0.15) is 0 Å². The summed E-state index contributed by atoms with van der Waals surface area (Å²) in [5, 5.41) is 9.66. The number of nitrogens with zero attached hydrogens (tertiary/aromatic N) is 2. The first-order valence-corrected chi connectivity index (χ1v) is 6.78. The third-order valence-electron chi connectivity index (χ3n) is 3.09. The number of benzene rings is 1. The van der Waals surface area contributed by atoms with E-state index in [2.05, 4.69) is 9.97 Å². The van der Waals surface area contributed by atoms with Gasteiger partial charge in [-0.3, -0.25) is 9.78 Å². The van der Waals surface area contributed by atoms with Crippen molar-refractivity contribution < 1.29 is 14.6 Å². The Morgan fingerprint density at radius 1 is 1.33 bits per heavy atom. The number of methoxy groups -OCH3 is 1. The van der Waals surface area contributed by atoms with Crippen molar-refractivity contribution >= 4 is 17.6 Å². The standard InChI is InChI=1S/C15H15ClN2O3/c1-21-13-4-2-3-10(6-13)5-11(15(19)20)7-12-8-18-14(16)9-17-12/h2-4,6,8-9,11H,5,7H2,1H3,(H,19,20). The molecule has 0 saturated heterocycles. The number of halogens is 1. The summed E-state index contributed by atoms with van der Waals surface area (Å²) in [5.74, 6) is -0.731. The summed E-state index contributed by atoms with van der Waals surface area (Å²) in [5.41, 5.74) is 1.51. The Hall–Kier alpha value is -2.14. The number of aliphatic carboxylic acids is 1. The fraction of sp³-hybridized carbons (Fsp3) is 0.267. The molecule has 0 aliphatic rings. The van der Waals surface area contributed by atoms with Crippen LogP contribution in [0.4, 0.5) is 0 Å². The van der Waals surface area contributed by atoms with Gasteiger partial charge in [0.1, 0.15) is 10.9 Å². The molecular weight excluding hydrogens is 292 g/mol. The second-order valence-electron chi connectivity index (χ2n) is 4.63. The molecule has 21 heavy (non-hydrogen) atoms. The zero-order valence-electron chi connectivity index (χ0n) is 11.5. The van der Waals surface area contributed by atoms with Crippen molar-refractivity contribution in [2.75, 3.05) is 7.11 Å². The van der Waals surface area contributed by atoms with Crippen LogP contribution in [0.1, 0.15) is 11.3 Å². The van der Waals surface area contributed by atoms with E-state index in [9.17, 15) is 9.90 Å². The molecule has 110 valence electrons. The first kappa shape index (κ1) is 15.3. The molecule has 1 atom stereocenters. The van der Waals surface area contributed by atoms with Crippen molar-refractivity contribution in [1.82, 2.24) is 9.97 Å². The summed E-state index contributed by atoms with van der Waals surface area (Å²) in [4.78, 5) is 19.4. The topological polar surface area (TPSA) is 72.3 Å². The molecule has 1 heterocycles. The van der Waals surface area contributed by atoms with Gasteiger partial charge < -0.3 is 9.84 Å². The highest BCUT2D eigenvalue weighted by Gasteiger charge is 2.19. The van der Waals surface area contributed by atoms with Crippen LogP contribution in [0, 0.1) is 5.92 Å². The Balaban J connectivity index is 2.11. The highest BCUT2D eigenvalue weighted by molar-refractivity contribution is 6.29. The van der Waals surface area contributed by atoms with Crippen LogP contribution in [0.5, 0.6) is 5.75 Å². The minimum Gasteiger partial charge on any atom is -0.497 e. The van der Waals surface area contributed by atoms with Crippen LogP contribution in [0.2, 0.25) is 5.15 Å². The van der Waals surface area contributed by atoms with Crippen LogP contribution in [-0.4, -0.2) is 28.2 Å². The van der Waals surface area contributed by atoms with Gasteiger partial charge in [0.25, 0.3) is 0 Å². The number of hydrogen-bond donors (Lipinski definition) is 1. The minimum atomic E-state index is -0.866. The molecule has 0 amide bonds. The largest absolute Gasteiger partial charge is 0.497 e. The van der Waals surface area contributed by atoms with Crippen LogP contribution in [0.3, 0.4) is 0 Å². The van der Waals surface area contributed by atoms with Crippen LogP contribution >= 0.6 is 11.6 Å². The molecule has 0 bridgehead atoms. The first-order valence-electron chi connectivity index (χ1n) is 6.40. The molecule has 2 rings (SSSR count). The van der Waals surface area contributed by atoms with Gasteiger partial charge in [-0.05, 0) is 24.1 Å². The van der Waals surface area contributed by atoms with E-state index < -0.39 is 11.9 Å². The summed E-state index contributed by atoms with van der Waals surface area (Å²) < 4.78 is 5.14. The van der Waals surface area contributed by atoms with Gasteiger partial charge in [-0.25, -0.2) is 4.98 Å². The summed E-state index contributed by atoms with van der Waals surface area (Å²) in [7, 11) is 1.58. The van der Waals surface area contributed by atoms with Crippen LogP contribution in [-0.2, 0) is 17.6 Å². The van der Waals surface area contributed by atoms with Crippen LogP contribution in [0.15, 0.2) is 36.7 Å². The molecule has 0 saturated carbocycles. The lowest BCUT2D eigenvalue weighted by Gasteiger charge is -2.12. The lowest BCUT2D eigenvalue weighted by Crippen LogP contribution is -2.19. The molecule has 0 radical (unpaired) electrons. The van der Waals surface area contributed by atoms with E-state index in [4.69, 9.17) is 16.3 Å². The molecule has 1 aromatic carbocycles. The Kier molecular flexibility index (Phi) is 5.11. The van der Waals surface area contributed by atoms with E-state index in [1.807, 2.05) is 24.3 Å². The molecule has 1 aromatic heterocycles. The number of hydrogen-bond acceptors (Lipinski definition) is 4. The van der Waals surface area contributed by atoms with E-state index in [-0.39, 0.29) is 0 Å². The molecule has 0 fully saturated rings. The molecule has 0 aliphatic heterocycles. The van der Waals surface area contributed by atoms with Crippen molar-refractivity contribution in [2.45, 2.75) is 12.8 Å². The summed E-state index contributed by atoms with van der Waals surface area (Å²) >= 11 is 5.67. The summed E-state index contributed by atoms with van der Waals surface area (Å²) in [6.45, 7) is 0. The molecule has 1 N–H and O–H groups in total. The predicted molar refractivity (Wildman–Crippen MR) is 78.6 cm³/mol. The van der Waals surface area contributed by atoms with Gasteiger partial charge in [0, 0.05) is 6.42 Å². The normalized spacial score (nSPS) is 11.9. The van der Waals surface area contributed by atoms with Crippen molar-refractivity contribution in [2.24, 2.45) is 5.92 Å². The zero-order valence-corrected chi connectivity index (χ0v) is 12.2. The van der Waals surface area contributed by atoms with Gasteiger partial charge in [-0.15, -0.1) is 0 Å². The van der Waals surface area contributed by atoms with E-state index in [0.717, 1.165) is 5.56 Å². The van der Waals surface area contributed by atoms with E-state index in [1.165, 1.54) is 12.4 Å². The number of rotatable bonds is 6. The monoisotopic (exact) mass is 306 g/mol. The van der Waals surface area contributed by atoms with E-state index >= 15 is 0 Å². The lowest BCUT2D eigenvalue weighted by molar-refractivity contribution is -0.141. The number of carboxylic acid groups (broad SMARTS) is 1. The highest BCUT2D eigenvalue weighted by atomic mass is 35.5. The average Bonchev–Trinajstić information content (AvgIpc) is 2.49. The molecule has 1 unspecified atom stereocenters. The average molecular weight is 307 g/mol. The van der Waals surface area contributed by atoms with Gasteiger partial charge in [0.15, 0.2) is 0 Å². The molecule has 2 aromatic rings. The fourth-order valence-electron chi connectivity index (χ4n) is 2.03. The van der Waals surface area contributed by atoms with Crippen molar-refractivity contribution in [1.29, 1.82) is 0 Å². The van der Waals surface area contributed by atoms with Gasteiger partial charge >= 0.3 is 5.97 Å². The van der Waals surface area contributed by atoms with Crippen LogP contribution < -0.4 is 4.74 Å². The third kappa shape index (κ3) is 4.43. The molecule has 0 spiro atoms. The Labute approximate surface area is 127 Å². The smallest absolute Gasteiger partial charge is 0.307 e. The third-order valence-corrected chi connectivity index (χ3v) is 3.29. The summed E-state index contributed by atoms with van der Waals surface area (Å²) in [6, 6.07) is 7.38. The first-order chi connectivity index (χ1) is 10.1. The van der Waals surface area contributed by atoms with Crippen molar-refractivity contribution in [3.05, 3.63) is 53.1 Å².